The molecule has 0 radical (unpaired) electrons. The van der Waals surface area contributed by atoms with Crippen LogP contribution in [0.25, 0.3) is 0 Å². The fourth-order valence-electron chi connectivity index (χ4n) is 4.32. The van der Waals surface area contributed by atoms with Gasteiger partial charge in [0.15, 0.2) is 0 Å². The van der Waals surface area contributed by atoms with Gasteiger partial charge in [-0.3, -0.25) is 0 Å². The summed E-state index contributed by atoms with van der Waals surface area (Å²) >= 11 is 2.07. The Morgan fingerprint density at radius 2 is 1.32 bits per heavy atom. The molecule has 0 saturated heterocycles. The van der Waals surface area contributed by atoms with Crippen LogP contribution in [-0.4, -0.2) is 58.5 Å². The van der Waals surface area contributed by atoms with Crippen molar-refractivity contribution < 1.29 is 29.0 Å². The van der Waals surface area contributed by atoms with Crippen molar-refractivity contribution >= 4 is 26.2 Å². The average molecular weight is 567 g/mol. The Hall–Kier alpha value is -0.0700. The van der Waals surface area contributed by atoms with Crippen LogP contribution in [0.4, 0.5) is 0 Å². The number of carboxylic acid groups (broad SMARTS) is 1. The van der Waals surface area contributed by atoms with Gasteiger partial charge in [-0.15, -0.1) is 0 Å². The van der Waals surface area contributed by atoms with E-state index in [0.29, 0.717) is 18.3 Å². The minimum absolute atomic E-state index is 0.158. The maximum Gasteiger partial charge on any atom is 0.345 e. The maximum atomic E-state index is 11.0. The highest BCUT2D eigenvalue weighted by Gasteiger charge is 2.35. The predicted octanol–water partition coefficient (Wildman–Crippen LogP) is 8.10. The molecular formula is C29H59O6PS. The van der Waals surface area contributed by atoms with E-state index in [1.807, 2.05) is 0 Å². The van der Waals surface area contributed by atoms with Crippen molar-refractivity contribution in [3.63, 3.8) is 0 Å². The van der Waals surface area contributed by atoms with Gasteiger partial charge in [-0.1, -0.05) is 110 Å². The molecule has 0 aliphatic carbocycles. The zero-order valence-corrected chi connectivity index (χ0v) is 26.2. The van der Waals surface area contributed by atoms with E-state index in [0.717, 1.165) is 0 Å². The summed E-state index contributed by atoms with van der Waals surface area (Å²) in [7, 11) is -1.87. The smallest absolute Gasteiger partial charge is 0.345 e. The topological polar surface area (TPSA) is 93.1 Å². The van der Waals surface area contributed by atoms with Gasteiger partial charge in [-0.2, -0.15) is 11.8 Å². The molecule has 4 atom stereocenters. The molecule has 8 heteroatoms. The molecule has 0 aromatic rings. The Balaban J connectivity index is 4.23. The Morgan fingerprint density at radius 1 is 0.811 bits per heavy atom. The first kappa shape index (κ1) is 36.9. The van der Waals surface area contributed by atoms with Gasteiger partial charge in [0, 0.05) is 18.5 Å². The van der Waals surface area contributed by atoms with Crippen LogP contribution in [0.2, 0.25) is 0 Å². The van der Waals surface area contributed by atoms with E-state index in [4.69, 9.17) is 14.6 Å². The van der Waals surface area contributed by atoms with Crippen LogP contribution in [0.1, 0.15) is 136 Å². The molecule has 0 aliphatic heterocycles. The van der Waals surface area contributed by atoms with Crippen molar-refractivity contribution in [2.45, 2.75) is 153 Å². The molecule has 0 aromatic carbocycles. The minimum Gasteiger partial charge on any atom is -0.479 e. The third kappa shape index (κ3) is 21.4. The number of rotatable bonds is 29. The van der Waals surface area contributed by atoms with E-state index in [1.165, 1.54) is 115 Å². The molecule has 0 spiro atoms. The lowest BCUT2D eigenvalue weighted by molar-refractivity contribution is -0.154. The first-order valence-electron chi connectivity index (χ1n) is 15.1. The molecule has 0 fully saturated rings. The molecule has 4 unspecified atom stereocenters. The van der Waals surface area contributed by atoms with E-state index < -0.39 is 26.4 Å². The summed E-state index contributed by atoms with van der Waals surface area (Å²) in [6.07, 6.45) is 23.4. The molecule has 222 valence electrons. The van der Waals surface area contributed by atoms with Crippen LogP contribution < -0.4 is 0 Å². The molecule has 0 heterocycles. The third-order valence-corrected chi connectivity index (χ3v) is 9.27. The van der Waals surface area contributed by atoms with Crippen LogP contribution in [-0.2, 0) is 18.8 Å². The molecule has 37 heavy (non-hydrogen) atoms. The van der Waals surface area contributed by atoms with Gasteiger partial charge in [0.25, 0.3) is 0 Å². The maximum absolute atomic E-state index is 11.0. The molecule has 0 saturated carbocycles. The lowest BCUT2D eigenvalue weighted by Gasteiger charge is -2.24. The average Bonchev–Trinajstić information content (AvgIpc) is 2.89. The van der Waals surface area contributed by atoms with Crippen LogP contribution in [0.15, 0.2) is 0 Å². The van der Waals surface area contributed by atoms with E-state index in [2.05, 4.69) is 32.5 Å². The summed E-state index contributed by atoms with van der Waals surface area (Å²) in [6, 6.07) is 0. The number of hydrogen-bond acceptors (Lipinski definition) is 6. The standard InChI is InChI=1S/C29H59O6PS/c1-4-6-8-10-12-13-15-17-19-24-37-27(21-18-16-14-11-9-7-5-2)26(3)35-23-20-22-34-25-29(32,36-33)28(30)31/h26-27,32H,4-25,36H2,1-3H3,(H,30,31). The molecule has 0 bridgehead atoms. The summed E-state index contributed by atoms with van der Waals surface area (Å²) < 4.78 is 22.4. The van der Waals surface area contributed by atoms with Crippen molar-refractivity contribution in [1.29, 1.82) is 0 Å². The summed E-state index contributed by atoms with van der Waals surface area (Å²) in [6.45, 7) is 7.04. The van der Waals surface area contributed by atoms with E-state index in [-0.39, 0.29) is 12.7 Å². The zero-order chi connectivity index (χ0) is 27.6. The fourth-order valence-corrected chi connectivity index (χ4v) is 5.96. The lowest BCUT2D eigenvalue weighted by atomic mass is 10.1. The Morgan fingerprint density at radius 3 is 1.84 bits per heavy atom. The minimum atomic E-state index is -2.26. The Bertz CT molecular complexity index is 539. The van der Waals surface area contributed by atoms with Gasteiger partial charge in [0.1, 0.15) is 8.46 Å². The van der Waals surface area contributed by atoms with Crippen molar-refractivity contribution in [1.82, 2.24) is 0 Å². The van der Waals surface area contributed by atoms with Crippen molar-refractivity contribution in [3.05, 3.63) is 0 Å². The number of carboxylic acids is 1. The first-order chi connectivity index (χ1) is 17.9. The van der Waals surface area contributed by atoms with Crippen LogP contribution in [0.3, 0.4) is 0 Å². The normalized spacial score (nSPS) is 15.2. The van der Waals surface area contributed by atoms with Crippen molar-refractivity contribution in [2.24, 2.45) is 0 Å². The van der Waals surface area contributed by atoms with E-state index in [1.54, 1.807) is 0 Å². The fraction of sp³-hybridized carbons (Fsp3) is 0.966. The largest absolute Gasteiger partial charge is 0.479 e. The number of carbonyl (C=O) groups is 1. The Kier molecular flexibility index (Phi) is 26.1. The van der Waals surface area contributed by atoms with Gasteiger partial charge >= 0.3 is 5.97 Å². The summed E-state index contributed by atoms with van der Waals surface area (Å²) in [5.74, 6) is -0.307. The quantitative estimate of drug-likeness (QED) is 0.0698. The third-order valence-electron chi connectivity index (χ3n) is 6.90. The molecule has 2 N–H and O–H groups in total. The van der Waals surface area contributed by atoms with Gasteiger partial charge in [0.05, 0.1) is 12.7 Å². The highest BCUT2D eigenvalue weighted by Crippen LogP contribution is 2.26. The monoisotopic (exact) mass is 566 g/mol. The first-order valence-corrected chi connectivity index (χ1v) is 17.2. The van der Waals surface area contributed by atoms with Crippen LogP contribution in [0, 0.1) is 0 Å². The van der Waals surface area contributed by atoms with E-state index >= 15 is 0 Å². The van der Waals surface area contributed by atoms with Crippen molar-refractivity contribution in [3.8, 4) is 0 Å². The second kappa shape index (κ2) is 26.2. The predicted molar refractivity (Wildman–Crippen MR) is 160 cm³/mol. The van der Waals surface area contributed by atoms with Gasteiger partial charge in [-0.05, 0) is 31.9 Å². The second-order valence-electron chi connectivity index (χ2n) is 10.5. The molecule has 6 nitrogen and oxygen atoms in total. The lowest BCUT2D eigenvalue weighted by Crippen LogP contribution is -2.37. The van der Waals surface area contributed by atoms with Gasteiger partial charge < -0.3 is 24.3 Å². The number of thioether (sulfide) groups is 1. The summed E-state index contributed by atoms with van der Waals surface area (Å²) in [5, 5.41) is 16.9. The number of hydrogen-bond donors (Lipinski definition) is 2. The SMILES string of the molecule is CCCCCCCCCCCSC(CCCCCCCCC)C(C)OCCCOCC(O)([PH2]=O)C(=O)O. The second-order valence-corrected chi connectivity index (χ2v) is 13.0. The van der Waals surface area contributed by atoms with Gasteiger partial charge in [0.2, 0.25) is 5.34 Å². The van der Waals surface area contributed by atoms with E-state index in [9.17, 15) is 14.5 Å². The molecule has 0 amide bonds. The zero-order valence-electron chi connectivity index (χ0n) is 24.2. The molecular weight excluding hydrogens is 507 g/mol. The summed E-state index contributed by atoms with van der Waals surface area (Å²) in [5.41, 5.74) is 0. The highest BCUT2D eigenvalue weighted by atomic mass is 32.2. The number of aliphatic hydroxyl groups is 1. The number of aliphatic carboxylic acids is 1. The van der Waals surface area contributed by atoms with Crippen molar-refractivity contribution in [2.75, 3.05) is 25.6 Å². The van der Waals surface area contributed by atoms with Crippen LogP contribution >= 0.6 is 20.2 Å². The molecule has 0 rings (SSSR count). The Labute approximate surface area is 233 Å². The van der Waals surface area contributed by atoms with Gasteiger partial charge in [-0.25, -0.2) is 4.79 Å². The molecule has 0 aliphatic rings. The summed E-state index contributed by atoms with van der Waals surface area (Å²) in [4.78, 5) is 11.0. The molecule has 0 aromatic heterocycles. The van der Waals surface area contributed by atoms with Crippen LogP contribution in [0.5, 0.6) is 0 Å². The highest BCUT2D eigenvalue weighted by molar-refractivity contribution is 7.99. The number of unbranched alkanes of at least 4 members (excludes halogenated alkanes) is 14. The number of ether oxygens (including phenoxy) is 2.